The number of carboxylic acid groups (broad SMARTS) is 1. The van der Waals surface area contributed by atoms with Crippen LogP contribution in [0.4, 0.5) is 0 Å². The second-order valence-electron chi connectivity index (χ2n) is 5.90. The first-order chi connectivity index (χ1) is 13.0. The van der Waals surface area contributed by atoms with Gasteiger partial charge in [0.1, 0.15) is 18.1 Å². The molecule has 9 N–H and O–H groups in total. The molecule has 0 aliphatic carbocycles. The molecule has 0 saturated carbocycles. The van der Waals surface area contributed by atoms with Crippen molar-refractivity contribution in [1.29, 1.82) is 0 Å². The van der Waals surface area contributed by atoms with Crippen molar-refractivity contribution in [3.8, 4) is 0 Å². The fourth-order valence-electron chi connectivity index (χ4n) is 2.08. The number of nitrogens with one attached hydrogen (secondary N) is 3. The van der Waals surface area contributed by atoms with Gasteiger partial charge < -0.3 is 37.6 Å². The molecule has 0 spiro atoms. The third-order valence-corrected chi connectivity index (χ3v) is 4.17. The van der Waals surface area contributed by atoms with Crippen molar-refractivity contribution in [1.82, 2.24) is 16.0 Å². The molecule has 0 bridgehead atoms. The fourth-order valence-corrected chi connectivity index (χ4v) is 2.55. The molecule has 0 fully saturated rings. The minimum absolute atomic E-state index is 0.138. The number of carboxylic acids is 1. The highest BCUT2D eigenvalue weighted by Crippen LogP contribution is 2.04. The minimum Gasteiger partial charge on any atom is -0.480 e. The molecule has 0 aliphatic rings. The summed E-state index contributed by atoms with van der Waals surface area (Å²) < 4.78 is 0. The highest BCUT2D eigenvalue weighted by atomic mass is 32.2. The van der Waals surface area contributed by atoms with Gasteiger partial charge in [0, 0.05) is 0 Å². The summed E-state index contributed by atoms with van der Waals surface area (Å²) >= 11 is 1.38. The predicted octanol–water partition coefficient (Wildman–Crippen LogP) is -3.51. The minimum atomic E-state index is -1.55. The van der Waals surface area contributed by atoms with Crippen LogP contribution in [-0.4, -0.2) is 82.6 Å². The predicted molar refractivity (Wildman–Crippen MR) is 101 cm³/mol. The Balaban J connectivity index is 5.28. The van der Waals surface area contributed by atoms with Gasteiger partial charge in [0.15, 0.2) is 0 Å². The van der Waals surface area contributed by atoms with Crippen LogP contribution in [0.2, 0.25) is 0 Å². The van der Waals surface area contributed by atoms with E-state index < -0.39 is 66.8 Å². The maximum absolute atomic E-state index is 12.4. The lowest BCUT2D eigenvalue weighted by Crippen LogP contribution is -2.59. The molecule has 0 heterocycles. The van der Waals surface area contributed by atoms with Crippen molar-refractivity contribution in [3.63, 3.8) is 0 Å². The second kappa shape index (κ2) is 12.9. The third kappa shape index (κ3) is 9.53. The Morgan fingerprint density at radius 1 is 1.04 bits per heavy atom. The van der Waals surface area contributed by atoms with E-state index in [4.69, 9.17) is 16.6 Å². The molecule has 0 radical (unpaired) electrons. The van der Waals surface area contributed by atoms with Crippen LogP contribution in [0.25, 0.3) is 0 Å². The van der Waals surface area contributed by atoms with Crippen LogP contribution >= 0.6 is 11.8 Å². The van der Waals surface area contributed by atoms with E-state index in [2.05, 4.69) is 16.0 Å². The molecule has 0 rings (SSSR count). The molecule has 0 aliphatic heterocycles. The van der Waals surface area contributed by atoms with Crippen molar-refractivity contribution < 1.29 is 34.2 Å². The van der Waals surface area contributed by atoms with Gasteiger partial charge >= 0.3 is 5.97 Å². The van der Waals surface area contributed by atoms with E-state index >= 15 is 0 Å². The largest absolute Gasteiger partial charge is 0.480 e. The van der Waals surface area contributed by atoms with Gasteiger partial charge in [-0.1, -0.05) is 0 Å². The molecule has 4 unspecified atom stereocenters. The van der Waals surface area contributed by atoms with Gasteiger partial charge in [-0.2, -0.15) is 11.8 Å². The number of amides is 4. The van der Waals surface area contributed by atoms with Crippen molar-refractivity contribution in [2.24, 2.45) is 11.5 Å². The summed E-state index contributed by atoms with van der Waals surface area (Å²) in [4.78, 5) is 58.4. The standard InChI is InChI=1S/C15H27N5O7S/c1-7(21)12(20-11(23)6-16)14(25)18-8(3-4-28-2)13(24)19-9(15(26)27)5-10(17)22/h7-9,12,21H,3-6,16H2,1-2H3,(H2,17,22)(H,18,25)(H,19,24)(H,20,23)(H,26,27). The lowest BCUT2D eigenvalue weighted by molar-refractivity contribution is -0.143. The molecular weight excluding hydrogens is 394 g/mol. The van der Waals surface area contributed by atoms with Crippen LogP contribution in [0.3, 0.4) is 0 Å². The summed E-state index contributed by atoms with van der Waals surface area (Å²) in [5, 5.41) is 25.6. The number of aliphatic hydroxyl groups is 1. The van der Waals surface area contributed by atoms with Crippen molar-refractivity contribution >= 4 is 41.4 Å². The quantitative estimate of drug-likeness (QED) is 0.157. The maximum Gasteiger partial charge on any atom is 0.326 e. The summed E-state index contributed by atoms with van der Waals surface area (Å²) in [6.45, 7) is 0.867. The van der Waals surface area contributed by atoms with Gasteiger partial charge in [0.2, 0.25) is 23.6 Å². The number of aliphatic carboxylic acids is 1. The maximum atomic E-state index is 12.4. The van der Waals surface area contributed by atoms with Crippen LogP contribution in [0.5, 0.6) is 0 Å². The molecule has 13 heteroatoms. The third-order valence-electron chi connectivity index (χ3n) is 3.53. The molecule has 4 amide bonds. The molecule has 0 saturated heterocycles. The Bertz CT molecular complexity index is 587. The number of primary amides is 1. The van der Waals surface area contributed by atoms with Gasteiger partial charge in [0.05, 0.1) is 19.1 Å². The van der Waals surface area contributed by atoms with E-state index in [0.717, 1.165) is 0 Å². The molecular formula is C15H27N5O7S. The zero-order valence-electron chi connectivity index (χ0n) is 15.6. The monoisotopic (exact) mass is 421 g/mol. The topological polar surface area (TPSA) is 214 Å². The summed E-state index contributed by atoms with van der Waals surface area (Å²) in [7, 11) is 0. The van der Waals surface area contributed by atoms with Crippen LogP contribution in [0.1, 0.15) is 19.8 Å². The summed E-state index contributed by atoms with van der Waals surface area (Å²) in [5.74, 6) is -4.31. The average molecular weight is 421 g/mol. The highest BCUT2D eigenvalue weighted by molar-refractivity contribution is 7.98. The summed E-state index contributed by atoms with van der Waals surface area (Å²) in [5.41, 5.74) is 10.1. The SMILES string of the molecule is CSCCC(NC(=O)C(NC(=O)CN)C(C)O)C(=O)NC(CC(N)=O)C(=O)O. The van der Waals surface area contributed by atoms with Gasteiger partial charge in [-0.15, -0.1) is 0 Å². The number of thioether (sulfide) groups is 1. The van der Waals surface area contributed by atoms with Crippen LogP contribution < -0.4 is 27.4 Å². The van der Waals surface area contributed by atoms with Crippen LogP contribution in [0.15, 0.2) is 0 Å². The molecule has 4 atom stereocenters. The van der Waals surface area contributed by atoms with Gasteiger partial charge in [-0.3, -0.25) is 19.2 Å². The van der Waals surface area contributed by atoms with E-state index in [9.17, 15) is 29.1 Å². The number of hydrogen-bond donors (Lipinski definition) is 7. The molecule has 12 nitrogen and oxygen atoms in total. The lowest BCUT2D eigenvalue weighted by Gasteiger charge is -2.25. The number of rotatable bonds is 13. The first kappa shape index (κ1) is 25.6. The first-order valence-electron chi connectivity index (χ1n) is 8.31. The molecule has 0 aromatic carbocycles. The van der Waals surface area contributed by atoms with Gasteiger partial charge in [-0.05, 0) is 25.4 Å². The Morgan fingerprint density at radius 3 is 2.04 bits per heavy atom. The zero-order valence-corrected chi connectivity index (χ0v) is 16.5. The van der Waals surface area contributed by atoms with Gasteiger partial charge in [0.25, 0.3) is 0 Å². The summed E-state index contributed by atoms with van der Waals surface area (Å²) in [6, 6.07) is -4.07. The van der Waals surface area contributed by atoms with Crippen LogP contribution in [0, 0.1) is 0 Å². The number of carbonyl (C=O) groups excluding carboxylic acids is 4. The number of carbonyl (C=O) groups is 5. The molecule has 0 aromatic heterocycles. The number of nitrogens with two attached hydrogens (primary N) is 2. The zero-order chi connectivity index (χ0) is 21.9. The summed E-state index contributed by atoms with van der Waals surface area (Å²) in [6.07, 6.45) is 0.0113. The molecule has 28 heavy (non-hydrogen) atoms. The van der Waals surface area contributed by atoms with Crippen molar-refractivity contribution in [2.75, 3.05) is 18.6 Å². The second-order valence-corrected chi connectivity index (χ2v) is 6.89. The van der Waals surface area contributed by atoms with Crippen LogP contribution in [-0.2, 0) is 24.0 Å². The average Bonchev–Trinajstić information content (AvgIpc) is 2.60. The van der Waals surface area contributed by atoms with E-state index in [1.807, 2.05) is 0 Å². The normalized spacial score (nSPS) is 14.9. The van der Waals surface area contributed by atoms with E-state index in [1.54, 1.807) is 6.26 Å². The Morgan fingerprint density at radius 2 is 1.61 bits per heavy atom. The molecule has 160 valence electrons. The highest BCUT2D eigenvalue weighted by Gasteiger charge is 2.31. The Hall–Kier alpha value is -2.38. The first-order valence-corrected chi connectivity index (χ1v) is 9.71. The number of hydrogen-bond acceptors (Lipinski definition) is 8. The van der Waals surface area contributed by atoms with E-state index in [1.165, 1.54) is 18.7 Å². The van der Waals surface area contributed by atoms with E-state index in [0.29, 0.717) is 5.75 Å². The fraction of sp³-hybridized carbons (Fsp3) is 0.667. The smallest absolute Gasteiger partial charge is 0.326 e. The number of aliphatic hydroxyl groups excluding tert-OH is 1. The van der Waals surface area contributed by atoms with Crippen molar-refractivity contribution in [3.05, 3.63) is 0 Å². The van der Waals surface area contributed by atoms with Gasteiger partial charge in [-0.25, -0.2) is 4.79 Å². The molecule has 0 aromatic rings. The van der Waals surface area contributed by atoms with E-state index in [-0.39, 0.29) is 6.42 Å². The lowest BCUT2D eigenvalue weighted by atomic mass is 10.1. The van der Waals surface area contributed by atoms with Crippen molar-refractivity contribution in [2.45, 2.75) is 44.0 Å². The Labute approximate surface area is 166 Å². The Kier molecular flexibility index (Phi) is 11.8.